The van der Waals surface area contributed by atoms with Crippen molar-refractivity contribution in [1.29, 1.82) is 0 Å². The van der Waals surface area contributed by atoms with Crippen LogP contribution in [0.15, 0.2) is 48.8 Å². The number of benzene rings is 1. The van der Waals surface area contributed by atoms with Crippen molar-refractivity contribution < 1.29 is 14.6 Å². The van der Waals surface area contributed by atoms with Gasteiger partial charge in [-0.2, -0.15) is 0 Å². The van der Waals surface area contributed by atoms with E-state index in [9.17, 15) is 9.90 Å². The van der Waals surface area contributed by atoms with Crippen LogP contribution in [-0.2, 0) is 16.9 Å². The van der Waals surface area contributed by atoms with Gasteiger partial charge in [-0.05, 0) is 31.9 Å². The van der Waals surface area contributed by atoms with E-state index in [0.29, 0.717) is 38.9 Å². The maximum Gasteiger partial charge on any atom is 0.223 e. The predicted octanol–water partition coefficient (Wildman–Crippen LogP) is 2.56. The molecular formula is C23H29N3O3. The van der Waals surface area contributed by atoms with Crippen molar-refractivity contribution in [3.63, 3.8) is 0 Å². The van der Waals surface area contributed by atoms with E-state index >= 15 is 0 Å². The number of ether oxygens (including phenoxy) is 1. The zero-order valence-corrected chi connectivity index (χ0v) is 17.0. The highest BCUT2D eigenvalue weighted by Gasteiger charge is 2.35. The largest absolute Gasteiger partial charge is 0.489 e. The Morgan fingerprint density at radius 1 is 1.24 bits per heavy atom. The van der Waals surface area contributed by atoms with E-state index in [4.69, 9.17) is 4.74 Å². The van der Waals surface area contributed by atoms with Gasteiger partial charge in [0.25, 0.3) is 0 Å². The van der Waals surface area contributed by atoms with Crippen LogP contribution in [0.4, 0.5) is 0 Å². The van der Waals surface area contributed by atoms with Crippen LogP contribution in [0.1, 0.15) is 37.3 Å². The third-order valence-corrected chi connectivity index (χ3v) is 5.99. The van der Waals surface area contributed by atoms with Gasteiger partial charge in [0.15, 0.2) is 0 Å². The second kappa shape index (κ2) is 8.51. The lowest BCUT2D eigenvalue weighted by Gasteiger charge is -2.38. The Hall–Kier alpha value is -2.44. The van der Waals surface area contributed by atoms with Crippen LogP contribution in [-0.4, -0.2) is 58.1 Å². The predicted molar refractivity (Wildman–Crippen MR) is 110 cm³/mol. The quantitative estimate of drug-likeness (QED) is 0.862. The molecule has 0 aliphatic carbocycles. The molecule has 2 aliphatic heterocycles. The average Bonchev–Trinajstić information content (AvgIpc) is 2.90. The van der Waals surface area contributed by atoms with E-state index in [1.165, 1.54) is 5.56 Å². The molecule has 1 saturated heterocycles. The lowest BCUT2D eigenvalue weighted by Crippen LogP contribution is -2.46. The van der Waals surface area contributed by atoms with Crippen molar-refractivity contribution in [3.8, 4) is 5.75 Å². The highest BCUT2D eigenvalue weighted by molar-refractivity contribution is 5.76. The molecule has 1 fully saturated rings. The van der Waals surface area contributed by atoms with Crippen LogP contribution < -0.4 is 4.74 Å². The van der Waals surface area contributed by atoms with Crippen LogP contribution in [0.3, 0.4) is 0 Å². The van der Waals surface area contributed by atoms with E-state index in [2.05, 4.69) is 22.9 Å². The Morgan fingerprint density at radius 2 is 2.03 bits per heavy atom. The lowest BCUT2D eigenvalue weighted by atomic mass is 9.85. The average molecular weight is 396 g/mol. The molecule has 3 heterocycles. The first kappa shape index (κ1) is 19.9. The third-order valence-electron chi connectivity index (χ3n) is 5.99. The summed E-state index contributed by atoms with van der Waals surface area (Å²) in [5.74, 6) is 1.10. The fourth-order valence-corrected chi connectivity index (χ4v) is 4.31. The number of aliphatic hydroxyl groups is 1. The van der Waals surface area contributed by atoms with Crippen molar-refractivity contribution in [2.24, 2.45) is 0 Å². The molecule has 2 aromatic rings. The van der Waals surface area contributed by atoms with Gasteiger partial charge >= 0.3 is 0 Å². The summed E-state index contributed by atoms with van der Waals surface area (Å²) in [5, 5.41) is 10.9. The summed E-state index contributed by atoms with van der Waals surface area (Å²) in [6, 6.07) is 11.9. The summed E-state index contributed by atoms with van der Waals surface area (Å²) in [6.45, 7) is 5.54. The van der Waals surface area contributed by atoms with Gasteiger partial charge in [-0.3, -0.25) is 14.7 Å². The van der Waals surface area contributed by atoms with Crippen LogP contribution in [0.25, 0.3) is 0 Å². The molecule has 0 bridgehead atoms. The molecule has 1 aromatic heterocycles. The standard InChI is InChI=1S/C23H29N3O3/c1-18-16-25(17-19-5-2-3-7-21(19)29-18)12-8-22(27)26-13-9-23(28,10-14-26)20-6-4-11-24-15-20/h2-7,11,15,18,28H,8-10,12-14,16-17H2,1H3. The zero-order chi connectivity index (χ0) is 20.3. The van der Waals surface area contributed by atoms with Crippen molar-refractivity contribution in [2.45, 2.75) is 44.4 Å². The number of rotatable bonds is 4. The number of likely N-dealkylation sites (tertiary alicyclic amines) is 1. The van der Waals surface area contributed by atoms with Crippen molar-refractivity contribution >= 4 is 5.91 Å². The van der Waals surface area contributed by atoms with Gasteiger partial charge in [0, 0.05) is 62.7 Å². The minimum atomic E-state index is -0.883. The number of fused-ring (bicyclic) bond motifs is 1. The molecule has 0 saturated carbocycles. The molecule has 29 heavy (non-hydrogen) atoms. The first-order chi connectivity index (χ1) is 14.0. The van der Waals surface area contributed by atoms with E-state index in [1.54, 1.807) is 12.4 Å². The smallest absolute Gasteiger partial charge is 0.223 e. The fraction of sp³-hybridized carbons (Fsp3) is 0.478. The fourth-order valence-electron chi connectivity index (χ4n) is 4.31. The summed E-state index contributed by atoms with van der Waals surface area (Å²) < 4.78 is 6.01. The van der Waals surface area contributed by atoms with Gasteiger partial charge in [0.05, 0.1) is 5.60 Å². The Bertz CT molecular complexity index is 834. The van der Waals surface area contributed by atoms with Crippen molar-refractivity contribution in [2.75, 3.05) is 26.2 Å². The molecule has 6 heteroatoms. The number of hydrogen-bond donors (Lipinski definition) is 1. The number of piperidine rings is 1. The van der Waals surface area contributed by atoms with Gasteiger partial charge < -0.3 is 14.7 Å². The Labute approximate surface area is 172 Å². The van der Waals surface area contributed by atoms with E-state index in [0.717, 1.165) is 24.4 Å². The van der Waals surface area contributed by atoms with Crippen molar-refractivity contribution in [1.82, 2.24) is 14.8 Å². The number of aromatic nitrogens is 1. The molecule has 4 rings (SSSR count). The second-order valence-electron chi connectivity index (χ2n) is 8.18. The summed E-state index contributed by atoms with van der Waals surface area (Å²) in [6.07, 6.45) is 5.11. The van der Waals surface area contributed by atoms with Gasteiger partial charge in [-0.1, -0.05) is 24.3 Å². The molecule has 1 atom stereocenters. The summed E-state index contributed by atoms with van der Waals surface area (Å²) in [7, 11) is 0. The topological polar surface area (TPSA) is 65.9 Å². The third kappa shape index (κ3) is 4.60. The van der Waals surface area contributed by atoms with E-state index < -0.39 is 5.60 Å². The van der Waals surface area contributed by atoms with Crippen LogP contribution in [0.5, 0.6) is 5.75 Å². The molecule has 0 radical (unpaired) electrons. The number of carbonyl (C=O) groups excluding carboxylic acids is 1. The highest BCUT2D eigenvalue weighted by Crippen LogP contribution is 2.32. The first-order valence-electron chi connectivity index (χ1n) is 10.4. The molecule has 6 nitrogen and oxygen atoms in total. The minimum absolute atomic E-state index is 0.0956. The van der Waals surface area contributed by atoms with Crippen LogP contribution >= 0.6 is 0 Å². The maximum atomic E-state index is 12.8. The number of nitrogens with zero attached hydrogens (tertiary/aromatic N) is 3. The summed E-state index contributed by atoms with van der Waals surface area (Å²) in [5.41, 5.74) is 1.12. The van der Waals surface area contributed by atoms with Crippen molar-refractivity contribution in [3.05, 3.63) is 59.9 Å². The van der Waals surface area contributed by atoms with Crippen LogP contribution in [0.2, 0.25) is 0 Å². The van der Waals surface area contributed by atoms with Gasteiger partial charge in [0.1, 0.15) is 11.9 Å². The number of para-hydroxylation sites is 1. The number of hydrogen-bond acceptors (Lipinski definition) is 5. The lowest BCUT2D eigenvalue weighted by molar-refractivity contribution is -0.136. The van der Waals surface area contributed by atoms with E-state index in [1.807, 2.05) is 35.2 Å². The molecule has 0 spiro atoms. The maximum absolute atomic E-state index is 12.8. The molecule has 154 valence electrons. The van der Waals surface area contributed by atoms with E-state index in [-0.39, 0.29) is 12.0 Å². The molecule has 1 N–H and O–H groups in total. The first-order valence-corrected chi connectivity index (χ1v) is 10.4. The summed E-state index contributed by atoms with van der Waals surface area (Å²) in [4.78, 5) is 21.1. The molecule has 1 aromatic carbocycles. The zero-order valence-electron chi connectivity index (χ0n) is 17.0. The van der Waals surface area contributed by atoms with Crippen LogP contribution in [0, 0.1) is 0 Å². The normalized spacial score (nSPS) is 21.7. The molecule has 1 amide bonds. The number of pyridine rings is 1. The Kier molecular flexibility index (Phi) is 5.83. The van der Waals surface area contributed by atoms with Gasteiger partial charge in [0.2, 0.25) is 5.91 Å². The minimum Gasteiger partial charge on any atom is -0.489 e. The van der Waals surface area contributed by atoms with Gasteiger partial charge in [-0.25, -0.2) is 0 Å². The SMILES string of the molecule is CC1CN(CCC(=O)N2CCC(O)(c3cccnc3)CC2)Cc2ccccc2O1. The number of carbonyl (C=O) groups is 1. The molecule has 2 aliphatic rings. The number of amides is 1. The molecular weight excluding hydrogens is 366 g/mol. The molecule has 1 unspecified atom stereocenters. The highest BCUT2D eigenvalue weighted by atomic mass is 16.5. The van der Waals surface area contributed by atoms with Gasteiger partial charge in [-0.15, -0.1) is 0 Å². The Morgan fingerprint density at radius 3 is 2.79 bits per heavy atom. The monoisotopic (exact) mass is 395 g/mol. The summed E-state index contributed by atoms with van der Waals surface area (Å²) >= 11 is 0. The Balaban J connectivity index is 1.30. The second-order valence-corrected chi connectivity index (χ2v) is 8.18.